The van der Waals surface area contributed by atoms with E-state index in [1.807, 2.05) is 56.3 Å². The Morgan fingerprint density at radius 1 is 1.14 bits per heavy atom. The van der Waals surface area contributed by atoms with E-state index in [0.717, 1.165) is 23.1 Å². The number of amides is 2. The molecule has 1 N–H and O–H groups in total. The van der Waals surface area contributed by atoms with Gasteiger partial charge in [0.05, 0.1) is 5.75 Å². The van der Waals surface area contributed by atoms with Gasteiger partial charge in [-0.15, -0.1) is 11.8 Å². The lowest BCUT2D eigenvalue weighted by Crippen LogP contribution is -2.48. The summed E-state index contributed by atoms with van der Waals surface area (Å²) in [5.41, 5.74) is 3.23. The fourth-order valence-electron chi connectivity index (χ4n) is 2.95. The summed E-state index contributed by atoms with van der Waals surface area (Å²) in [5, 5.41) is 3.59. The molecule has 2 amide bonds. The van der Waals surface area contributed by atoms with Gasteiger partial charge in [-0.2, -0.15) is 0 Å². The van der Waals surface area contributed by atoms with Gasteiger partial charge in [-0.25, -0.2) is 0 Å². The van der Waals surface area contributed by atoms with Crippen molar-refractivity contribution in [1.82, 2.24) is 10.2 Å². The van der Waals surface area contributed by atoms with Crippen molar-refractivity contribution in [3.63, 3.8) is 0 Å². The Morgan fingerprint density at radius 3 is 2.55 bits per heavy atom. The quantitative estimate of drug-likeness (QED) is 0.585. The summed E-state index contributed by atoms with van der Waals surface area (Å²) < 4.78 is 0. The maximum Gasteiger partial charge on any atom is 0.242 e. The molecule has 0 saturated heterocycles. The van der Waals surface area contributed by atoms with E-state index < -0.39 is 6.04 Å². The predicted molar refractivity (Wildman–Crippen MR) is 122 cm³/mol. The van der Waals surface area contributed by atoms with Crippen molar-refractivity contribution in [1.29, 1.82) is 0 Å². The molecule has 2 rings (SSSR count). The van der Waals surface area contributed by atoms with E-state index >= 15 is 0 Å². The van der Waals surface area contributed by atoms with Crippen LogP contribution >= 0.6 is 23.4 Å². The zero-order valence-electron chi connectivity index (χ0n) is 17.3. The third-order valence-corrected chi connectivity index (χ3v) is 5.76. The van der Waals surface area contributed by atoms with E-state index in [2.05, 4.69) is 11.4 Å². The van der Waals surface area contributed by atoms with Gasteiger partial charge < -0.3 is 10.2 Å². The first-order valence-electron chi connectivity index (χ1n) is 9.85. The molecule has 2 aromatic rings. The molecule has 0 aliphatic carbocycles. The van der Waals surface area contributed by atoms with Gasteiger partial charge in [0.1, 0.15) is 6.04 Å². The number of hydrogen-bond acceptors (Lipinski definition) is 3. The molecule has 0 unspecified atom stereocenters. The molecule has 1 atom stereocenters. The second-order valence-electron chi connectivity index (χ2n) is 7.10. The Balaban J connectivity index is 2.05. The minimum atomic E-state index is -0.527. The van der Waals surface area contributed by atoms with Crippen LogP contribution in [0.1, 0.15) is 37.0 Å². The lowest BCUT2D eigenvalue weighted by atomic mass is 10.1. The molecule has 0 aliphatic rings. The number of halogens is 1. The highest BCUT2D eigenvalue weighted by atomic mass is 35.5. The fourth-order valence-corrected chi connectivity index (χ4v) is 4.02. The van der Waals surface area contributed by atoms with Crippen LogP contribution in [0.3, 0.4) is 0 Å². The molecular weight excluding hydrogens is 404 g/mol. The Morgan fingerprint density at radius 2 is 1.86 bits per heavy atom. The molecule has 0 aliphatic heterocycles. The molecule has 0 radical (unpaired) electrons. The number of carbonyl (C=O) groups is 2. The third kappa shape index (κ3) is 7.75. The van der Waals surface area contributed by atoms with E-state index in [1.54, 1.807) is 11.8 Å². The van der Waals surface area contributed by atoms with E-state index in [4.69, 9.17) is 11.6 Å². The van der Waals surface area contributed by atoms with Crippen LogP contribution in [0.15, 0.2) is 48.5 Å². The first-order chi connectivity index (χ1) is 13.9. The maximum atomic E-state index is 13.0. The first-order valence-corrected chi connectivity index (χ1v) is 11.4. The molecule has 0 aromatic heterocycles. The first kappa shape index (κ1) is 23.3. The number of carbonyl (C=O) groups excluding carboxylic acids is 2. The molecule has 29 heavy (non-hydrogen) atoms. The highest BCUT2D eigenvalue weighted by molar-refractivity contribution is 7.99. The summed E-state index contributed by atoms with van der Waals surface area (Å²) in [7, 11) is 0. The topological polar surface area (TPSA) is 49.4 Å². The molecular formula is C23H29ClN2O2S. The summed E-state index contributed by atoms with van der Waals surface area (Å²) in [4.78, 5) is 27.2. The highest BCUT2D eigenvalue weighted by Gasteiger charge is 2.25. The SMILES string of the molecule is CCCNC(=O)[C@@H](C)N(Cc1cccc(C)c1)C(=O)CSCc1cccc(Cl)c1. The van der Waals surface area contributed by atoms with Crippen molar-refractivity contribution in [2.75, 3.05) is 12.3 Å². The summed E-state index contributed by atoms with van der Waals surface area (Å²) in [5.74, 6) is 0.843. The monoisotopic (exact) mass is 432 g/mol. The summed E-state index contributed by atoms with van der Waals surface area (Å²) in [6.45, 7) is 6.85. The number of nitrogens with zero attached hydrogens (tertiary/aromatic N) is 1. The normalized spacial score (nSPS) is 11.7. The largest absolute Gasteiger partial charge is 0.354 e. The Bertz CT molecular complexity index is 828. The summed E-state index contributed by atoms with van der Waals surface area (Å²) in [6.07, 6.45) is 0.861. The second kappa shape index (κ2) is 11.9. The van der Waals surface area contributed by atoms with E-state index in [9.17, 15) is 9.59 Å². The lowest BCUT2D eigenvalue weighted by Gasteiger charge is -2.29. The maximum absolute atomic E-state index is 13.0. The summed E-state index contributed by atoms with van der Waals surface area (Å²) >= 11 is 7.56. The predicted octanol–water partition coefficient (Wildman–Crippen LogP) is 4.83. The van der Waals surface area contributed by atoms with E-state index in [0.29, 0.717) is 29.6 Å². The number of benzene rings is 2. The molecule has 0 bridgehead atoms. The van der Waals surface area contributed by atoms with Crippen LogP contribution in [0, 0.1) is 6.92 Å². The van der Waals surface area contributed by atoms with Crippen LogP contribution in [-0.2, 0) is 21.9 Å². The zero-order valence-corrected chi connectivity index (χ0v) is 18.9. The van der Waals surface area contributed by atoms with Crippen LogP contribution in [-0.4, -0.2) is 35.1 Å². The molecule has 4 nitrogen and oxygen atoms in total. The van der Waals surface area contributed by atoms with E-state index in [1.165, 1.54) is 11.8 Å². The van der Waals surface area contributed by atoms with Crippen LogP contribution in [0.25, 0.3) is 0 Å². The van der Waals surface area contributed by atoms with Crippen molar-refractivity contribution >= 4 is 35.2 Å². The minimum absolute atomic E-state index is 0.0438. The molecule has 0 fully saturated rings. The van der Waals surface area contributed by atoms with Gasteiger partial charge in [0.2, 0.25) is 11.8 Å². The molecule has 0 spiro atoms. The molecule has 0 saturated carbocycles. The van der Waals surface area contributed by atoms with Gasteiger partial charge in [0.25, 0.3) is 0 Å². The smallest absolute Gasteiger partial charge is 0.242 e. The van der Waals surface area contributed by atoms with Crippen molar-refractivity contribution in [2.45, 2.75) is 45.5 Å². The van der Waals surface area contributed by atoms with Crippen LogP contribution in [0.4, 0.5) is 0 Å². The molecule has 6 heteroatoms. The van der Waals surface area contributed by atoms with Crippen LogP contribution < -0.4 is 5.32 Å². The molecule has 2 aromatic carbocycles. The number of nitrogens with one attached hydrogen (secondary N) is 1. The number of hydrogen-bond donors (Lipinski definition) is 1. The Kier molecular flexibility index (Phi) is 9.55. The van der Waals surface area contributed by atoms with Gasteiger partial charge in [0.15, 0.2) is 0 Å². The van der Waals surface area contributed by atoms with Crippen LogP contribution in [0.2, 0.25) is 5.02 Å². The van der Waals surface area contributed by atoms with E-state index in [-0.39, 0.29) is 11.8 Å². The van der Waals surface area contributed by atoms with Crippen LogP contribution in [0.5, 0.6) is 0 Å². The van der Waals surface area contributed by atoms with Gasteiger partial charge in [-0.1, -0.05) is 60.5 Å². The van der Waals surface area contributed by atoms with Gasteiger partial charge >= 0.3 is 0 Å². The second-order valence-corrected chi connectivity index (χ2v) is 8.52. The van der Waals surface area contributed by atoms with Gasteiger partial charge in [-0.3, -0.25) is 9.59 Å². The average Bonchev–Trinajstić information content (AvgIpc) is 2.69. The number of rotatable bonds is 10. The average molecular weight is 433 g/mol. The van der Waals surface area contributed by atoms with Gasteiger partial charge in [-0.05, 0) is 43.5 Å². The third-order valence-electron chi connectivity index (χ3n) is 4.54. The zero-order chi connectivity index (χ0) is 21.2. The summed E-state index contributed by atoms with van der Waals surface area (Å²) in [6, 6.07) is 15.2. The molecule has 0 heterocycles. The standard InChI is InChI=1S/C23H29ClN2O2S/c1-4-11-25-23(28)18(3)26(14-19-8-5-7-17(2)12-19)22(27)16-29-15-20-9-6-10-21(24)13-20/h5-10,12-13,18H,4,11,14-16H2,1-3H3,(H,25,28)/t18-/m1/s1. The Hall–Kier alpha value is -1.98. The fraction of sp³-hybridized carbons (Fsp3) is 0.391. The van der Waals surface area contributed by atoms with Gasteiger partial charge in [0, 0.05) is 23.9 Å². The van der Waals surface area contributed by atoms with Crippen molar-refractivity contribution in [3.05, 3.63) is 70.2 Å². The van der Waals surface area contributed by atoms with Crippen molar-refractivity contribution in [2.24, 2.45) is 0 Å². The lowest BCUT2D eigenvalue weighted by molar-refractivity contribution is -0.138. The molecule has 156 valence electrons. The Labute approximate surface area is 183 Å². The number of thioether (sulfide) groups is 1. The highest BCUT2D eigenvalue weighted by Crippen LogP contribution is 2.18. The van der Waals surface area contributed by atoms with Crippen molar-refractivity contribution < 1.29 is 9.59 Å². The number of aryl methyl sites for hydroxylation is 1. The minimum Gasteiger partial charge on any atom is -0.354 e. The van der Waals surface area contributed by atoms with Crippen molar-refractivity contribution in [3.8, 4) is 0 Å².